The molecule has 0 radical (unpaired) electrons. The Morgan fingerprint density at radius 3 is 2.73 bits per heavy atom. The quantitative estimate of drug-likeness (QED) is 0.617. The molecule has 1 saturated carbocycles. The van der Waals surface area contributed by atoms with Gasteiger partial charge in [-0.25, -0.2) is 14.8 Å². The van der Waals surface area contributed by atoms with Crippen LogP contribution in [0.2, 0.25) is 0 Å². The van der Waals surface area contributed by atoms with Crippen molar-refractivity contribution in [3.05, 3.63) is 59.3 Å². The highest BCUT2D eigenvalue weighted by Gasteiger charge is 2.33. The van der Waals surface area contributed by atoms with Gasteiger partial charge in [0, 0.05) is 25.3 Å². The molecule has 26 heavy (non-hydrogen) atoms. The van der Waals surface area contributed by atoms with Crippen molar-refractivity contribution in [3.8, 4) is 0 Å². The number of benzene rings is 1. The fourth-order valence-corrected chi connectivity index (χ4v) is 3.67. The minimum absolute atomic E-state index is 0.00681. The van der Waals surface area contributed by atoms with Crippen LogP contribution in [0.15, 0.2) is 53.6 Å². The number of hydrogen-bond donors (Lipinski definition) is 1. The number of anilines is 1. The summed E-state index contributed by atoms with van der Waals surface area (Å²) in [6.07, 6.45) is 5.23. The Bertz CT molecular complexity index is 1170. The lowest BCUT2D eigenvalue weighted by molar-refractivity contribution is 0.280. The molecule has 0 amide bonds. The molecule has 0 bridgehead atoms. The van der Waals surface area contributed by atoms with Gasteiger partial charge in [-0.15, -0.1) is 0 Å². The highest BCUT2D eigenvalue weighted by molar-refractivity contribution is 5.75. The standard InChI is InChI=1S/C19H18N6O/c1-24-16-7-4-8-20-18(16)25(19(24)26)13-9-12(10-13)22-17-11-21-14-5-2-3-6-15(14)23-17/h2-8,11-13H,9-10H2,1H3,(H,22,23). The van der Waals surface area contributed by atoms with Gasteiger partial charge in [-0.05, 0) is 37.1 Å². The number of aromatic nitrogens is 5. The van der Waals surface area contributed by atoms with Gasteiger partial charge in [0.15, 0.2) is 5.65 Å². The van der Waals surface area contributed by atoms with Crippen LogP contribution >= 0.6 is 0 Å². The minimum Gasteiger partial charge on any atom is -0.366 e. The Hall–Kier alpha value is -3.22. The van der Waals surface area contributed by atoms with Crippen LogP contribution in [0.5, 0.6) is 0 Å². The second kappa shape index (κ2) is 5.66. The fraction of sp³-hybridized carbons (Fsp3) is 0.263. The van der Waals surface area contributed by atoms with Gasteiger partial charge < -0.3 is 5.32 Å². The maximum atomic E-state index is 12.6. The van der Waals surface area contributed by atoms with Crippen molar-refractivity contribution in [2.75, 3.05) is 5.32 Å². The summed E-state index contributed by atoms with van der Waals surface area (Å²) in [4.78, 5) is 26.0. The number of fused-ring (bicyclic) bond motifs is 2. The molecule has 0 unspecified atom stereocenters. The number of para-hydroxylation sites is 2. The first-order valence-corrected chi connectivity index (χ1v) is 8.71. The van der Waals surface area contributed by atoms with Gasteiger partial charge in [-0.2, -0.15) is 0 Å². The Kier molecular flexibility index (Phi) is 3.28. The molecule has 1 N–H and O–H groups in total. The molecule has 0 spiro atoms. The highest BCUT2D eigenvalue weighted by atomic mass is 16.1. The maximum Gasteiger partial charge on any atom is 0.330 e. The molecule has 130 valence electrons. The number of hydrogen-bond acceptors (Lipinski definition) is 5. The van der Waals surface area contributed by atoms with Crippen LogP contribution < -0.4 is 11.0 Å². The first-order valence-electron chi connectivity index (χ1n) is 8.71. The number of rotatable bonds is 3. The zero-order chi connectivity index (χ0) is 17.7. The Morgan fingerprint density at radius 1 is 1.08 bits per heavy atom. The molecule has 3 aromatic heterocycles. The van der Waals surface area contributed by atoms with Crippen LogP contribution in [0.3, 0.4) is 0 Å². The van der Waals surface area contributed by atoms with Gasteiger partial charge in [-0.1, -0.05) is 12.1 Å². The largest absolute Gasteiger partial charge is 0.366 e. The van der Waals surface area contributed by atoms with Crippen molar-refractivity contribution in [2.45, 2.75) is 24.9 Å². The summed E-state index contributed by atoms with van der Waals surface area (Å²) in [6.45, 7) is 0. The van der Waals surface area contributed by atoms with Crippen molar-refractivity contribution >= 4 is 28.0 Å². The average Bonchev–Trinajstić information content (AvgIpc) is 2.89. The average molecular weight is 346 g/mol. The molecule has 1 aliphatic carbocycles. The molecule has 1 aromatic carbocycles. The number of aryl methyl sites for hydroxylation is 1. The molecule has 0 aliphatic heterocycles. The van der Waals surface area contributed by atoms with Crippen molar-refractivity contribution in [2.24, 2.45) is 7.05 Å². The van der Waals surface area contributed by atoms with Crippen LogP contribution in [0.1, 0.15) is 18.9 Å². The number of pyridine rings is 1. The van der Waals surface area contributed by atoms with Gasteiger partial charge in [-0.3, -0.25) is 14.1 Å². The van der Waals surface area contributed by atoms with Gasteiger partial charge >= 0.3 is 5.69 Å². The zero-order valence-electron chi connectivity index (χ0n) is 14.3. The molecule has 3 heterocycles. The molecule has 1 fully saturated rings. The van der Waals surface area contributed by atoms with Gasteiger partial charge in [0.05, 0.1) is 22.7 Å². The number of imidazole rings is 1. The van der Waals surface area contributed by atoms with E-state index >= 15 is 0 Å². The van der Waals surface area contributed by atoms with Crippen LogP contribution in [-0.4, -0.2) is 30.1 Å². The van der Waals surface area contributed by atoms with Crippen LogP contribution in [0.25, 0.3) is 22.2 Å². The van der Waals surface area contributed by atoms with E-state index in [0.29, 0.717) is 0 Å². The number of nitrogens with zero attached hydrogens (tertiary/aromatic N) is 5. The second-order valence-corrected chi connectivity index (χ2v) is 6.77. The van der Waals surface area contributed by atoms with Crippen LogP contribution in [0.4, 0.5) is 5.82 Å². The van der Waals surface area contributed by atoms with Crippen molar-refractivity contribution in [3.63, 3.8) is 0 Å². The van der Waals surface area contributed by atoms with E-state index in [2.05, 4.69) is 20.3 Å². The molecule has 7 nitrogen and oxygen atoms in total. The van der Waals surface area contributed by atoms with Gasteiger partial charge in [0.2, 0.25) is 0 Å². The summed E-state index contributed by atoms with van der Waals surface area (Å²) < 4.78 is 3.48. The zero-order valence-corrected chi connectivity index (χ0v) is 14.3. The monoisotopic (exact) mass is 346 g/mol. The fourth-order valence-electron chi connectivity index (χ4n) is 3.67. The predicted molar refractivity (Wildman–Crippen MR) is 100 cm³/mol. The van der Waals surface area contributed by atoms with Gasteiger partial charge in [0.1, 0.15) is 5.82 Å². The molecule has 1 aliphatic rings. The summed E-state index contributed by atoms with van der Waals surface area (Å²) >= 11 is 0. The molecule has 0 saturated heterocycles. The third-order valence-corrected chi connectivity index (χ3v) is 5.13. The van der Waals surface area contributed by atoms with Gasteiger partial charge in [0.25, 0.3) is 0 Å². The lowest BCUT2D eigenvalue weighted by Gasteiger charge is -2.36. The summed E-state index contributed by atoms with van der Waals surface area (Å²) in [7, 11) is 1.79. The summed E-state index contributed by atoms with van der Waals surface area (Å²) in [5.74, 6) is 0.774. The van der Waals surface area contributed by atoms with Crippen LogP contribution in [0, 0.1) is 0 Å². The summed E-state index contributed by atoms with van der Waals surface area (Å²) in [5.41, 5.74) is 3.39. The van der Waals surface area contributed by atoms with E-state index in [1.165, 1.54) is 0 Å². The van der Waals surface area contributed by atoms with E-state index in [1.54, 1.807) is 24.0 Å². The molecular formula is C19H18N6O. The van der Waals surface area contributed by atoms with E-state index in [-0.39, 0.29) is 17.8 Å². The Morgan fingerprint density at radius 2 is 1.88 bits per heavy atom. The van der Waals surface area contributed by atoms with Crippen molar-refractivity contribution in [1.29, 1.82) is 0 Å². The molecule has 4 aromatic rings. The molecule has 5 rings (SSSR count). The topological polar surface area (TPSA) is 77.6 Å². The summed E-state index contributed by atoms with van der Waals surface area (Å²) in [6, 6.07) is 12.0. The van der Waals surface area contributed by atoms with E-state index < -0.39 is 0 Å². The lowest BCUT2D eigenvalue weighted by atomic mass is 9.86. The smallest absolute Gasteiger partial charge is 0.330 e. The SMILES string of the molecule is Cn1c(=O)n(C2CC(Nc3cnc4ccccc4n3)C2)c2ncccc21. The third-order valence-electron chi connectivity index (χ3n) is 5.13. The molecular weight excluding hydrogens is 328 g/mol. The third kappa shape index (κ3) is 2.28. The predicted octanol–water partition coefficient (Wildman–Crippen LogP) is 2.49. The summed E-state index contributed by atoms with van der Waals surface area (Å²) in [5, 5.41) is 3.43. The Balaban J connectivity index is 1.36. The van der Waals surface area contributed by atoms with E-state index in [0.717, 1.165) is 40.9 Å². The highest BCUT2D eigenvalue weighted by Crippen LogP contribution is 2.35. The first-order chi connectivity index (χ1) is 12.7. The Labute approximate surface area is 149 Å². The van der Waals surface area contributed by atoms with Crippen molar-refractivity contribution < 1.29 is 0 Å². The maximum absolute atomic E-state index is 12.6. The van der Waals surface area contributed by atoms with Crippen molar-refractivity contribution in [1.82, 2.24) is 24.1 Å². The normalized spacial score (nSPS) is 19.6. The second-order valence-electron chi connectivity index (χ2n) is 6.77. The van der Waals surface area contributed by atoms with Crippen LogP contribution in [-0.2, 0) is 7.05 Å². The minimum atomic E-state index is -0.00681. The van der Waals surface area contributed by atoms with E-state index in [4.69, 9.17) is 0 Å². The van der Waals surface area contributed by atoms with E-state index in [1.807, 2.05) is 41.0 Å². The van der Waals surface area contributed by atoms with E-state index in [9.17, 15) is 4.79 Å². The lowest BCUT2D eigenvalue weighted by Crippen LogP contribution is -2.41. The number of nitrogens with one attached hydrogen (secondary N) is 1. The molecule has 7 heteroatoms. The molecule has 0 atom stereocenters. The first kappa shape index (κ1) is 15.1.